The molecule has 1 amide bonds. The van der Waals surface area contributed by atoms with Crippen molar-refractivity contribution < 1.29 is 22.7 Å². The Morgan fingerprint density at radius 2 is 1.94 bits per heavy atom. The highest BCUT2D eigenvalue weighted by molar-refractivity contribution is 7.98. The largest absolute Gasteiger partial charge is 0.492 e. The van der Waals surface area contributed by atoms with Gasteiger partial charge in [0.1, 0.15) is 11.4 Å². The first-order valence-electron chi connectivity index (χ1n) is 12.0. The number of hydrogen-bond donors (Lipinski definition) is 0. The van der Waals surface area contributed by atoms with E-state index in [1.54, 1.807) is 16.7 Å². The predicted octanol–water partition coefficient (Wildman–Crippen LogP) is 5.51. The van der Waals surface area contributed by atoms with Crippen LogP contribution < -0.4 is 4.74 Å². The van der Waals surface area contributed by atoms with Gasteiger partial charge in [0.15, 0.2) is 0 Å². The summed E-state index contributed by atoms with van der Waals surface area (Å²) >= 11 is 1.76. The summed E-state index contributed by atoms with van der Waals surface area (Å²) in [6.45, 7) is 6.82. The number of carbonyl (C=O) groups excluding carboxylic acids is 1. The summed E-state index contributed by atoms with van der Waals surface area (Å²) < 4.78 is 44.4. The zero-order chi connectivity index (χ0) is 25.2. The third-order valence-electron chi connectivity index (χ3n) is 7.21. The van der Waals surface area contributed by atoms with E-state index in [9.17, 15) is 18.0 Å². The van der Waals surface area contributed by atoms with Crippen LogP contribution in [0.1, 0.15) is 58.0 Å². The summed E-state index contributed by atoms with van der Waals surface area (Å²) in [6.07, 6.45) is 1.73. The van der Waals surface area contributed by atoms with Crippen LogP contribution in [0.3, 0.4) is 0 Å². The molecule has 2 aliphatic heterocycles. The Hall–Kier alpha value is -2.26. The molecule has 5 nitrogen and oxygen atoms in total. The first-order chi connectivity index (χ1) is 16.7. The lowest BCUT2D eigenvalue weighted by atomic mass is 9.86. The van der Waals surface area contributed by atoms with E-state index in [4.69, 9.17) is 4.74 Å². The number of pyridine rings is 1. The fourth-order valence-electron chi connectivity index (χ4n) is 5.21. The molecule has 2 saturated heterocycles. The monoisotopic (exact) mass is 507 g/mol. The minimum atomic E-state index is -4.51. The molecule has 0 bridgehead atoms. The number of benzene rings is 1. The van der Waals surface area contributed by atoms with E-state index in [0.717, 1.165) is 49.6 Å². The fourth-order valence-corrected chi connectivity index (χ4v) is 5.46. The minimum absolute atomic E-state index is 0.197. The molecular formula is C26H32F3N3O2S. The van der Waals surface area contributed by atoms with Crippen molar-refractivity contribution in [3.8, 4) is 5.75 Å². The van der Waals surface area contributed by atoms with Crippen molar-refractivity contribution in [1.29, 1.82) is 0 Å². The molecule has 2 aliphatic rings. The fraction of sp³-hybridized carbons (Fsp3) is 0.538. The van der Waals surface area contributed by atoms with E-state index >= 15 is 0 Å². The maximum atomic E-state index is 13.0. The number of amides is 1. The third kappa shape index (κ3) is 5.61. The summed E-state index contributed by atoms with van der Waals surface area (Å²) in [7, 11) is 0. The number of piperidine rings is 1. The van der Waals surface area contributed by atoms with Crippen LogP contribution in [0, 0.1) is 13.8 Å². The molecule has 190 valence electrons. The smallest absolute Gasteiger partial charge is 0.433 e. The van der Waals surface area contributed by atoms with Gasteiger partial charge in [-0.25, -0.2) is 0 Å². The van der Waals surface area contributed by atoms with Gasteiger partial charge in [0.05, 0.1) is 12.2 Å². The molecule has 2 fully saturated rings. The first-order valence-corrected chi connectivity index (χ1v) is 13.4. The van der Waals surface area contributed by atoms with E-state index < -0.39 is 11.9 Å². The Morgan fingerprint density at radius 1 is 1.14 bits per heavy atom. The van der Waals surface area contributed by atoms with Gasteiger partial charge in [0, 0.05) is 43.7 Å². The number of alkyl halides is 3. The van der Waals surface area contributed by atoms with Gasteiger partial charge in [0.2, 0.25) is 0 Å². The van der Waals surface area contributed by atoms with Crippen LogP contribution in [0.15, 0.2) is 30.5 Å². The molecule has 2 aromatic rings. The highest BCUT2D eigenvalue weighted by Crippen LogP contribution is 2.39. The number of piperazine rings is 1. The topological polar surface area (TPSA) is 45.7 Å². The number of rotatable bonds is 6. The van der Waals surface area contributed by atoms with Crippen molar-refractivity contribution in [2.75, 3.05) is 38.2 Å². The second-order valence-electron chi connectivity index (χ2n) is 9.26. The van der Waals surface area contributed by atoms with E-state index in [2.05, 4.69) is 42.1 Å². The van der Waals surface area contributed by atoms with Crippen molar-refractivity contribution in [1.82, 2.24) is 14.8 Å². The summed E-state index contributed by atoms with van der Waals surface area (Å²) in [4.78, 5) is 20.7. The Bertz CT molecular complexity index is 1050. The molecule has 0 aliphatic carbocycles. The van der Waals surface area contributed by atoms with Crippen LogP contribution in [0.5, 0.6) is 5.75 Å². The van der Waals surface area contributed by atoms with E-state index in [1.807, 2.05) is 0 Å². The number of nitrogens with zero attached hydrogens (tertiary/aromatic N) is 3. The van der Waals surface area contributed by atoms with Gasteiger partial charge in [-0.15, -0.1) is 0 Å². The molecule has 2 atom stereocenters. The zero-order valence-corrected chi connectivity index (χ0v) is 21.2. The lowest BCUT2D eigenvalue weighted by Crippen LogP contribution is -2.57. The number of hydrogen-bond acceptors (Lipinski definition) is 5. The molecule has 0 spiro atoms. The van der Waals surface area contributed by atoms with E-state index in [0.29, 0.717) is 19.7 Å². The van der Waals surface area contributed by atoms with E-state index in [1.165, 1.54) is 22.8 Å². The number of ether oxygens (including phenoxy) is 1. The molecule has 4 rings (SSSR count). The van der Waals surface area contributed by atoms with Gasteiger partial charge in [-0.3, -0.25) is 14.7 Å². The number of halogens is 3. The standard InChI is InChI=1S/C26H32F3N3O2S/c1-17-18(2)23(34-13-14-35-3)9-8-21(17)22-6-4-5-20-16-31(11-12-32(20)22)25(33)19-7-10-24(30-15-19)26(27,28)29/h7-10,15,20,22H,4-6,11-14,16H2,1-3H3/t20-,22+/m0/s1. The van der Waals surface area contributed by atoms with Crippen LogP contribution in [-0.2, 0) is 6.18 Å². The van der Waals surface area contributed by atoms with Crippen molar-refractivity contribution in [2.24, 2.45) is 0 Å². The zero-order valence-electron chi connectivity index (χ0n) is 20.4. The first kappa shape index (κ1) is 25.8. The lowest BCUT2D eigenvalue weighted by Gasteiger charge is -2.48. The normalized spacial score (nSPS) is 21.0. The highest BCUT2D eigenvalue weighted by atomic mass is 32.2. The second-order valence-corrected chi connectivity index (χ2v) is 10.2. The number of fused-ring (bicyclic) bond motifs is 1. The van der Waals surface area contributed by atoms with Crippen LogP contribution >= 0.6 is 11.8 Å². The Labute approximate surface area is 209 Å². The lowest BCUT2D eigenvalue weighted by molar-refractivity contribution is -0.141. The van der Waals surface area contributed by atoms with Crippen molar-refractivity contribution >= 4 is 17.7 Å². The summed E-state index contributed by atoms with van der Waals surface area (Å²) in [5.41, 5.74) is 2.96. The second kappa shape index (κ2) is 10.8. The third-order valence-corrected chi connectivity index (χ3v) is 7.79. The molecular weight excluding hydrogens is 475 g/mol. The van der Waals surface area contributed by atoms with Crippen LogP contribution in [0.4, 0.5) is 13.2 Å². The highest BCUT2D eigenvalue weighted by Gasteiger charge is 2.38. The summed E-state index contributed by atoms with van der Waals surface area (Å²) in [6, 6.07) is 6.89. The average molecular weight is 508 g/mol. The van der Waals surface area contributed by atoms with Crippen molar-refractivity contribution in [2.45, 2.75) is 51.4 Å². The van der Waals surface area contributed by atoms with Crippen LogP contribution in [0.2, 0.25) is 0 Å². The summed E-state index contributed by atoms with van der Waals surface area (Å²) in [5, 5.41) is 0. The van der Waals surface area contributed by atoms with Crippen molar-refractivity contribution in [3.05, 3.63) is 58.4 Å². The Balaban J connectivity index is 1.45. The average Bonchev–Trinajstić information content (AvgIpc) is 2.85. The molecule has 3 heterocycles. The molecule has 1 aromatic carbocycles. The number of carbonyl (C=O) groups is 1. The molecule has 0 unspecified atom stereocenters. The maximum Gasteiger partial charge on any atom is 0.433 e. The molecule has 0 radical (unpaired) electrons. The van der Waals surface area contributed by atoms with Gasteiger partial charge in [-0.2, -0.15) is 24.9 Å². The molecule has 0 N–H and O–H groups in total. The molecule has 0 saturated carbocycles. The number of thioether (sulfide) groups is 1. The van der Waals surface area contributed by atoms with Gasteiger partial charge < -0.3 is 9.64 Å². The number of aromatic nitrogens is 1. The van der Waals surface area contributed by atoms with Gasteiger partial charge in [-0.05, 0) is 74.3 Å². The molecule has 35 heavy (non-hydrogen) atoms. The van der Waals surface area contributed by atoms with Crippen LogP contribution in [0.25, 0.3) is 0 Å². The Kier molecular flexibility index (Phi) is 7.96. The minimum Gasteiger partial charge on any atom is -0.492 e. The summed E-state index contributed by atoms with van der Waals surface area (Å²) in [5.74, 6) is 1.63. The van der Waals surface area contributed by atoms with Gasteiger partial charge in [0.25, 0.3) is 5.91 Å². The maximum absolute atomic E-state index is 13.0. The van der Waals surface area contributed by atoms with Gasteiger partial charge in [-0.1, -0.05) is 6.07 Å². The Morgan fingerprint density at radius 3 is 2.63 bits per heavy atom. The van der Waals surface area contributed by atoms with Crippen molar-refractivity contribution in [3.63, 3.8) is 0 Å². The predicted molar refractivity (Wildman–Crippen MR) is 132 cm³/mol. The molecule has 1 aromatic heterocycles. The SMILES string of the molecule is CSCCOc1ccc([C@H]2CCC[C@H]3CN(C(=O)c4ccc(C(F)(F)F)nc4)CCN32)c(C)c1C. The quantitative estimate of drug-likeness (QED) is 0.483. The van der Waals surface area contributed by atoms with E-state index in [-0.39, 0.29) is 23.6 Å². The van der Waals surface area contributed by atoms with Gasteiger partial charge >= 0.3 is 6.18 Å². The molecule has 9 heteroatoms. The van der Waals surface area contributed by atoms with Crippen LogP contribution in [-0.4, -0.2) is 65.0 Å².